The van der Waals surface area contributed by atoms with Gasteiger partial charge in [-0.25, -0.2) is 4.98 Å². The van der Waals surface area contributed by atoms with Crippen molar-refractivity contribution in [1.29, 1.82) is 0 Å². The smallest absolute Gasteiger partial charge is 0.135 e. The van der Waals surface area contributed by atoms with Gasteiger partial charge in [-0.15, -0.1) is 48.1 Å². The van der Waals surface area contributed by atoms with Gasteiger partial charge in [0.2, 0.25) is 0 Å². The number of nitrogens with zero attached hydrogens (tertiary/aromatic N) is 4. The Hall–Kier alpha value is -5.90. The van der Waals surface area contributed by atoms with Crippen LogP contribution in [0.4, 0.5) is 11.4 Å². The molecule has 6 heteroatoms. The maximum absolute atomic E-state index is 6.65. The first-order chi connectivity index (χ1) is 30.2. The van der Waals surface area contributed by atoms with Crippen LogP contribution in [0.25, 0.3) is 27.6 Å². The Balaban J connectivity index is 0.00000560. The molecule has 0 atom stereocenters. The molecule has 0 fully saturated rings. The van der Waals surface area contributed by atoms with Crippen LogP contribution in [0, 0.1) is 30.1 Å². The third kappa shape index (κ3) is 8.68. The Kier molecular flexibility index (Phi) is 12.3. The molecule has 1 aliphatic heterocycles. The normalized spacial score (nSPS) is 13.4. The first-order valence-electron chi connectivity index (χ1n) is 22.2. The van der Waals surface area contributed by atoms with Crippen molar-refractivity contribution in [3.05, 3.63) is 210 Å². The molecule has 9 rings (SSSR count). The molecule has 64 heavy (non-hydrogen) atoms. The molecule has 0 spiro atoms. The van der Waals surface area contributed by atoms with E-state index in [1.54, 1.807) is 0 Å². The van der Waals surface area contributed by atoms with E-state index < -0.39 is 0 Å². The molecule has 0 N–H and O–H groups in total. The topological polar surface area (TPSA) is 33.5 Å². The number of aromatic nitrogens is 2. The minimum absolute atomic E-state index is 0. The molecule has 1 aliphatic rings. The summed E-state index contributed by atoms with van der Waals surface area (Å²) in [7, 11) is 0. The van der Waals surface area contributed by atoms with Gasteiger partial charge in [0.25, 0.3) is 0 Å². The van der Waals surface area contributed by atoms with Crippen molar-refractivity contribution in [1.82, 2.24) is 9.55 Å². The molecular weight excluding hydrogens is 964 g/mol. The largest absolute Gasteiger partial charge is 0.509 e. The number of hydrogen-bond acceptors (Lipinski definition) is 4. The minimum Gasteiger partial charge on any atom is -0.509 e. The van der Waals surface area contributed by atoms with E-state index in [0.29, 0.717) is 17.4 Å². The van der Waals surface area contributed by atoms with Gasteiger partial charge in [0, 0.05) is 71.9 Å². The van der Waals surface area contributed by atoms with Crippen LogP contribution in [-0.4, -0.2) is 9.55 Å². The van der Waals surface area contributed by atoms with E-state index in [2.05, 4.69) is 229 Å². The summed E-state index contributed by atoms with van der Waals surface area (Å²) in [6.45, 7) is 22.8. The average Bonchev–Trinajstić information content (AvgIpc) is 3.88. The number of allylic oxidation sites excluding steroid dienone is 1. The fourth-order valence-corrected chi connectivity index (χ4v) is 8.93. The van der Waals surface area contributed by atoms with Crippen molar-refractivity contribution >= 4 is 33.2 Å². The van der Waals surface area contributed by atoms with Crippen molar-refractivity contribution in [2.45, 2.75) is 79.6 Å². The molecular formula is C58H57N4OPt-3. The molecule has 8 aromatic rings. The standard InChI is InChI=1S/C58H57N4O.Pt/c1-40(2)31-41-29-30-59-55(32-41)62-52-26-17-16-25-50(52)51-28-27-49(37-53(51)62)63-48-24-18-23-46(36-48)61-39-60(38-54(61)56(3,4)5)47-34-44(57(6,7)42-19-12-10-13-20-42)33-45(35-47)58(8,9)43-21-14-11-15-22-43;/h10-30,32-35,38-40H,31H2,1-9H3;/q-3;. The maximum atomic E-state index is 6.65. The van der Waals surface area contributed by atoms with Crippen molar-refractivity contribution in [3.63, 3.8) is 0 Å². The first kappa shape index (κ1) is 44.7. The van der Waals surface area contributed by atoms with Gasteiger partial charge < -0.3 is 19.1 Å². The summed E-state index contributed by atoms with van der Waals surface area (Å²) in [5, 5.41) is 2.26. The van der Waals surface area contributed by atoms with Gasteiger partial charge in [0.15, 0.2) is 0 Å². The summed E-state index contributed by atoms with van der Waals surface area (Å²) in [6, 6.07) is 59.1. The van der Waals surface area contributed by atoms with E-state index in [1.165, 1.54) is 27.8 Å². The molecule has 2 aromatic heterocycles. The monoisotopic (exact) mass is 1020 g/mol. The Morgan fingerprint density at radius 2 is 1.25 bits per heavy atom. The van der Waals surface area contributed by atoms with Crippen molar-refractivity contribution < 1.29 is 25.8 Å². The fourth-order valence-electron chi connectivity index (χ4n) is 8.93. The zero-order chi connectivity index (χ0) is 44.1. The van der Waals surface area contributed by atoms with Crippen LogP contribution in [0.1, 0.15) is 90.1 Å². The van der Waals surface area contributed by atoms with E-state index in [4.69, 9.17) is 9.72 Å². The van der Waals surface area contributed by atoms with Gasteiger partial charge >= 0.3 is 0 Å². The molecule has 3 heterocycles. The number of hydrogen-bond donors (Lipinski definition) is 0. The second kappa shape index (κ2) is 17.6. The van der Waals surface area contributed by atoms with Gasteiger partial charge in [-0.05, 0) is 82.1 Å². The predicted molar refractivity (Wildman–Crippen MR) is 262 cm³/mol. The Morgan fingerprint density at radius 3 is 1.89 bits per heavy atom. The fraction of sp³-hybridized carbons (Fsp3) is 0.241. The van der Waals surface area contributed by atoms with Gasteiger partial charge in [-0.3, -0.25) is 0 Å². The van der Waals surface area contributed by atoms with Crippen LogP contribution in [0.15, 0.2) is 164 Å². The van der Waals surface area contributed by atoms with Gasteiger partial charge in [-0.2, -0.15) is 12.1 Å². The van der Waals surface area contributed by atoms with Gasteiger partial charge in [-0.1, -0.05) is 153 Å². The molecule has 0 amide bonds. The number of para-hydroxylation sites is 1. The summed E-state index contributed by atoms with van der Waals surface area (Å²) in [5.41, 5.74) is 10.8. The van der Waals surface area contributed by atoms with Crippen LogP contribution in [-0.2, 0) is 38.3 Å². The zero-order valence-electron chi connectivity index (χ0n) is 38.4. The average molecular weight is 1020 g/mol. The maximum Gasteiger partial charge on any atom is 0.135 e. The number of benzene rings is 6. The number of fused-ring (bicyclic) bond motifs is 3. The number of pyridine rings is 1. The Morgan fingerprint density at radius 1 is 0.625 bits per heavy atom. The minimum atomic E-state index is -0.239. The number of rotatable bonds is 11. The molecule has 0 saturated heterocycles. The van der Waals surface area contributed by atoms with Crippen molar-refractivity contribution in [2.24, 2.45) is 11.3 Å². The van der Waals surface area contributed by atoms with E-state index in [0.717, 1.165) is 51.1 Å². The summed E-state index contributed by atoms with van der Waals surface area (Å²) in [4.78, 5) is 9.39. The van der Waals surface area contributed by atoms with Crippen LogP contribution >= 0.6 is 0 Å². The summed E-state index contributed by atoms with van der Waals surface area (Å²) in [5.74, 6) is 2.65. The van der Waals surface area contributed by atoms with Crippen LogP contribution < -0.4 is 14.5 Å². The number of anilines is 2. The third-order valence-electron chi connectivity index (χ3n) is 12.7. The molecule has 5 nitrogen and oxygen atoms in total. The second-order valence-electron chi connectivity index (χ2n) is 19.5. The van der Waals surface area contributed by atoms with E-state index in [1.807, 2.05) is 24.4 Å². The van der Waals surface area contributed by atoms with E-state index in [9.17, 15) is 0 Å². The zero-order valence-corrected chi connectivity index (χ0v) is 40.7. The van der Waals surface area contributed by atoms with Gasteiger partial charge in [0.05, 0.1) is 0 Å². The summed E-state index contributed by atoms with van der Waals surface area (Å²) in [6.07, 6.45) is 5.18. The van der Waals surface area contributed by atoms with Crippen LogP contribution in [0.3, 0.4) is 0 Å². The Bertz CT molecular complexity index is 2890. The van der Waals surface area contributed by atoms with E-state index >= 15 is 0 Å². The molecule has 0 unspecified atom stereocenters. The quantitative estimate of drug-likeness (QED) is 0.121. The molecule has 0 saturated carbocycles. The second-order valence-corrected chi connectivity index (χ2v) is 19.5. The third-order valence-corrected chi connectivity index (χ3v) is 12.7. The predicted octanol–water partition coefficient (Wildman–Crippen LogP) is 14.8. The SMILES string of the molecule is CC(C)Cc1ccnc(-n2c3[c-]c(Oc4[c-]c(N5[CH-]N(c6cc(C(C)(C)c7ccccc7)cc(C(C)(C)c7ccccc7)c6)C=C5C(C)(C)C)ccc4)ccc3c3ccccc32)c1.[Pt]. The van der Waals surface area contributed by atoms with Crippen molar-refractivity contribution in [2.75, 3.05) is 9.80 Å². The van der Waals surface area contributed by atoms with Crippen molar-refractivity contribution in [3.8, 4) is 17.3 Å². The van der Waals surface area contributed by atoms with E-state index in [-0.39, 0.29) is 37.3 Å². The van der Waals surface area contributed by atoms with Crippen LogP contribution in [0.2, 0.25) is 0 Å². The molecule has 6 aromatic carbocycles. The molecule has 328 valence electrons. The summed E-state index contributed by atoms with van der Waals surface area (Å²) < 4.78 is 8.86. The molecule has 0 bridgehead atoms. The van der Waals surface area contributed by atoms with Crippen LogP contribution in [0.5, 0.6) is 11.5 Å². The van der Waals surface area contributed by atoms with Gasteiger partial charge in [0.1, 0.15) is 5.82 Å². The molecule has 0 radical (unpaired) electrons. The summed E-state index contributed by atoms with van der Waals surface area (Å²) >= 11 is 0. The number of ether oxygens (including phenoxy) is 1. The molecule has 0 aliphatic carbocycles. The Labute approximate surface area is 394 Å². The first-order valence-corrected chi connectivity index (χ1v) is 22.2.